The molecule has 2 heterocycles. The fourth-order valence-corrected chi connectivity index (χ4v) is 3.61. The summed E-state index contributed by atoms with van der Waals surface area (Å²) in [6, 6.07) is 13.3. The van der Waals surface area contributed by atoms with Crippen molar-refractivity contribution < 1.29 is 9.47 Å². The molecule has 4 aromatic rings. The van der Waals surface area contributed by atoms with Crippen molar-refractivity contribution in [1.29, 1.82) is 0 Å². The molecule has 8 nitrogen and oxygen atoms in total. The van der Waals surface area contributed by atoms with Gasteiger partial charge in [-0.2, -0.15) is 9.78 Å². The summed E-state index contributed by atoms with van der Waals surface area (Å²) in [6.07, 6.45) is 2.30. The molecule has 0 atom stereocenters. The van der Waals surface area contributed by atoms with Gasteiger partial charge >= 0.3 is 0 Å². The number of imidazole rings is 1. The molecule has 0 spiro atoms. The number of hydrogen-bond donors (Lipinski definition) is 1. The maximum atomic E-state index is 12.9. The van der Waals surface area contributed by atoms with Crippen LogP contribution >= 0.6 is 11.6 Å². The third-order valence-corrected chi connectivity index (χ3v) is 5.43. The second kappa shape index (κ2) is 8.69. The van der Waals surface area contributed by atoms with Crippen LogP contribution in [0.2, 0.25) is 5.02 Å². The van der Waals surface area contributed by atoms with Gasteiger partial charge in [0.2, 0.25) is 5.95 Å². The number of hydrogen-bond acceptors (Lipinski definition) is 6. The molecule has 0 radical (unpaired) electrons. The Kier molecular flexibility index (Phi) is 5.81. The molecule has 0 bridgehead atoms. The zero-order valence-electron chi connectivity index (χ0n) is 17.4. The number of aromatic amines is 1. The molecule has 2 aromatic heterocycles. The lowest BCUT2D eigenvalue weighted by Crippen LogP contribution is -2.28. The summed E-state index contributed by atoms with van der Waals surface area (Å²) < 4.78 is 11.8. The van der Waals surface area contributed by atoms with Gasteiger partial charge in [0.05, 0.1) is 37.1 Å². The number of rotatable bonds is 7. The summed E-state index contributed by atoms with van der Waals surface area (Å²) in [5.74, 6) is 1.68. The van der Waals surface area contributed by atoms with Gasteiger partial charge in [0.25, 0.3) is 5.56 Å². The van der Waals surface area contributed by atoms with Crippen molar-refractivity contribution in [2.45, 2.75) is 6.42 Å². The van der Waals surface area contributed by atoms with Crippen LogP contribution in [0.3, 0.4) is 0 Å². The minimum atomic E-state index is -0.434. The van der Waals surface area contributed by atoms with Crippen LogP contribution in [0.1, 0.15) is 5.56 Å². The van der Waals surface area contributed by atoms with Gasteiger partial charge in [-0.05, 0) is 36.2 Å². The molecular formula is C22H22ClN5O3. The Labute approximate surface area is 184 Å². The summed E-state index contributed by atoms with van der Waals surface area (Å²) in [5.41, 5.74) is 2.76. The molecule has 0 aliphatic heterocycles. The largest absolute Gasteiger partial charge is 0.493 e. The molecular weight excluding hydrogens is 418 g/mol. The van der Waals surface area contributed by atoms with Crippen LogP contribution < -0.4 is 19.9 Å². The number of halogens is 1. The standard InChI is InChI=1S/C22H22ClN5O3/c1-27(11-10-14-8-9-18(30-2)19(12-14)31-3)17-13-24-28(21(29)20(17)23)22-25-15-6-4-5-7-16(15)26-22/h4-9,12-13H,10-11H2,1-3H3,(H,25,26). The molecule has 0 fully saturated rings. The Balaban J connectivity index is 1.54. The van der Waals surface area contributed by atoms with Crippen molar-refractivity contribution in [3.8, 4) is 17.4 Å². The van der Waals surface area contributed by atoms with Crippen LogP contribution in [0.5, 0.6) is 11.5 Å². The average Bonchev–Trinajstić information content (AvgIpc) is 3.22. The Morgan fingerprint density at radius 2 is 1.90 bits per heavy atom. The first-order chi connectivity index (χ1) is 15.0. The molecule has 0 unspecified atom stereocenters. The van der Waals surface area contributed by atoms with E-state index in [9.17, 15) is 4.79 Å². The second-order valence-corrected chi connectivity index (χ2v) is 7.38. The number of anilines is 1. The number of aromatic nitrogens is 4. The molecule has 1 N–H and O–H groups in total. The molecule has 9 heteroatoms. The van der Waals surface area contributed by atoms with E-state index in [4.69, 9.17) is 21.1 Å². The van der Waals surface area contributed by atoms with Crippen LogP contribution in [0.15, 0.2) is 53.5 Å². The molecule has 0 saturated heterocycles. The van der Waals surface area contributed by atoms with Crippen molar-refractivity contribution in [2.24, 2.45) is 0 Å². The van der Waals surface area contributed by atoms with Gasteiger partial charge in [-0.1, -0.05) is 29.8 Å². The summed E-state index contributed by atoms with van der Waals surface area (Å²) >= 11 is 6.42. The Morgan fingerprint density at radius 1 is 1.13 bits per heavy atom. The minimum absolute atomic E-state index is 0.0882. The van der Waals surface area contributed by atoms with Gasteiger partial charge in [-0.25, -0.2) is 4.98 Å². The fourth-order valence-electron chi connectivity index (χ4n) is 3.33. The van der Waals surface area contributed by atoms with Gasteiger partial charge in [-0.15, -0.1) is 0 Å². The first-order valence-corrected chi connectivity index (χ1v) is 10.0. The number of likely N-dealkylation sites (N-methyl/N-ethyl adjacent to an activating group) is 1. The lowest BCUT2D eigenvalue weighted by atomic mass is 10.1. The number of benzene rings is 2. The maximum absolute atomic E-state index is 12.9. The highest BCUT2D eigenvalue weighted by molar-refractivity contribution is 6.33. The summed E-state index contributed by atoms with van der Waals surface area (Å²) in [5, 5.41) is 4.37. The van der Waals surface area contributed by atoms with Gasteiger partial charge < -0.3 is 19.4 Å². The number of para-hydroxylation sites is 2. The van der Waals surface area contributed by atoms with E-state index < -0.39 is 5.56 Å². The third kappa shape index (κ3) is 4.06. The van der Waals surface area contributed by atoms with Crippen molar-refractivity contribution in [2.75, 3.05) is 32.7 Å². The van der Waals surface area contributed by atoms with Gasteiger partial charge in [-0.3, -0.25) is 4.79 Å². The first-order valence-electron chi connectivity index (χ1n) is 9.67. The lowest BCUT2D eigenvalue weighted by molar-refractivity contribution is 0.354. The normalized spacial score (nSPS) is 11.0. The van der Waals surface area contributed by atoms with E-state index in [2.05, 4.69) is 15.1 Å². The number of H-pyrrole nitrogens is 1. The van der Waals surface area contributed by atoms with Crippen molar-refractivity contribution in [1.82, 2.24) is 19.7 Å². The zero-order valence-corrected chi connectivity index (χ0v) is 18.2. The van der Waals surface area contributed by atoms with Gasteiger partial charge in [0.15, 0.2) is 11.5 Å². The molecule has 4 rings (SSSR count). The SMILES string of the molecule is COc1ccc(CCN(C)c2cnn(-c3nc4ccccc4[nH]3)c(=O)c2Cl)cc1OC. The molecule has 0 aliphatic carbocycles. The number of methoxy groups -OCH3 is 2. The molecule has 0 saturated carbocycles. The van der Waals surface area contributed by atoms with Crippen molar-refractivity contribution in [3.05, 3.63) is 69.6 Å². The highest BCUT2D eigenvalue weighted by atomic mass is 35.5. The van der Waals surface area contributed by atoms with Gasteiger partial charge in [0, 0.05) is 13.6 Å². The topological polar surface area (TPSA) is 85.3 Å². The maximum Gasteiger partial charge on any atom is 0.295 e. The minimum Gasteiger partial charge on any atom is -0.493 e. The smallest absolute Gasteiger partial charge is 0.295 e. The van der Waals surface area contributed by atoms with E-state index in [0.29, 0.717) is 29.7 Å². The second-order valence-electron chi connectivity index (χ2n) is 7.00. The summed E-state index contributed by atoms with van der Waals surface area (Å²) in [7, 11) is 5.08. The predicted octanol–water partition coefficient (Wildman–Crippen LogP) is 3.46. The number of nitrogens with one attached hydrogen (secondary N) is 1. The number of nitrogens with zero attached hydrogens (tertiary/aromatic N) is 4. The van der Waals surface area contributed by atoms with Crippen LogP contribution in [0.4, 0.5) is 5.69 Å². The number of ether oxygens (including phenoxy) is 2. The highest BCUT2D eigenvalue weighted by Gasteiger charge is 2.16. The highest BCUT2D eigenvalue weighted by Crippen LogP contribution is 2.28. The quantitative estimate of drug-likeness (QED) is 0.474. The predicted molar refractivity (Wildman–Crippen MR) is 121 cm³/mol. The van der Waals surface area contributed by atoms with E-state index in [-0.39, 0.29) is 5.02 Å². The monoisotopic (exact) mass is 439 g/mol. The van der Waals surface area contributed by atoms with Crippen LogP contribution in [-0.4, -0.2) is 47.6 Å². The van der Waals surface area contributed by atoms with E-state index in [0.717, 1.165) is 23.0 Å². The third-order valence-electron chi connectivity index (χ3n) is 5.07. The van der Waals surface area contributed by atoms with E-state index in [1.807, 2.05) is 54.4 Å². The summed E-state index contributed by atoms with van der Waals surface area (Å²) in [4.78, 5) is 22.3. The van der Waals surface area contributed by atoms with E-state index >= 15 is 0 Å². The van der Waals surface area contributed by atoms with Gasteiger partial charge in [0.1, 0.15) is 5.02 Å². The van der Waals surface area contributed by atoms with Crippen LogP contribution in [0.25, 0.3) is 17.0 Å². The van der Waals surface area contributed by atoms with E-state index in [1.165, 1.54) is 4.68 Å². The molecule has 0 aliphatic rings. The lowest BCUT2D eigenvalue weighted by Gasteiger charge is -2.20. The first kappa shape index (κ1) is 20.7. The van der Waals surface area contributed by atoms with Crippen LogP contribution in [0, 0.1) is 0 Å². The number of fused-ring (bicyclic) bond motifs is 1. The van der Waals surface area contributed by atoms with Crippen LogP contribution in [-0.2, 0) is 6.42 Å². The molecule has 31 heavy (non-hydrogen) atoms. The van der Waals surface area contributed by atoms with E-state index in [1.54, 1.807) is 20.4 Å². The summed E-state index contributed by atoms with van der Waals surface area (Å²) in [6.45, 7) is 0.630. The van der Waals surface area contributed by atoms with Crippen molar-refractivity contribution >= 4 is 28.3 Å². The Hall–Kier alpha value is -3.52. The average molecular weight is 440 g/mol. The van der Waals surface area contributed by atoms with Crippen molar-refractivity contribution in [3.63, 3.8) is 0 Å². The molecule has 160 valence electrons. The molecule has 0 amide bonds. The zero-order chi connectivity index (χ0) is 22.0. The Morgan fingerprint density at radius 3 is 2.65 bits per heavy atom. The fraction of sp³-hybridized carbons (Fsp3) is 0.227. The Bertz CT molecular complexity index is 1250. The molecule has 2 aromatic carbocycles.